The third-order valence-corrected chi connectivity index (χ3v) is 5.54. The van der Waals surface area contributed by atoms with Crippen LogP contribution in [0.3, 0.4) is 0 Å². The molecule has 0 spiro atoms. The molecular formula is C23H29N3OS. The fraction of sp³-hybridized carbons (Fsp3) is 0.391. The molecule has 1 saturated heterocycles. The molecule has 1 fully saturated rings. The van der Waals surface area contributed by atoms with E-state index in [1.165, 1.54) is 24.1 Å². The molecule has 0 saturated carbocycles. The van der Waals surface area contributed by atoms with Gasteiger partial charge in [-0.2, -0.15) is 0 Å². The molecule has 28 heavy (non-hydrogen) atoms. The topological polar surface area (TPSA) is 44.4 Å². The highest BCUT2D eigenvalue weighted by Crippen LogP contribution is 2.24. The largest absolute Gasteiger partial charge is 0.372 e. The molecule has 1 aliphatic heterocycles. The molecule has 0 radical (unpaired) electrons. The number of anilines is 2. The number of hydrogen-bond acceptors (Lipinski definition) is 3. The number of carbonyl (C=O) groups excluding carboxylic acids is 1. The summed E-state index contributed by atoms with van der Waals surface area (Å²) < 4.78 is 0. The predicted molar refractivity (Wildman–Crippen MR) is 121 cm³/mol. The van der Waals surface area contributed by atoms with E-state index in [0.717, 1.165) is 24.7 Å². The van der Waals surface area contributed by atoms with Crippen LogP contribution in [0.2, 0.25) is 0 Å². The van der Waals surface area contributed by atoms with Gasteiger partial charge in [-0.25, -0.2) is 0 Å². The van der Waals surface area contributed by atoms with Crippen LogP contribution in [0.4, 0.5) is 11.4 Å². The number of piperidine rings is 1. The number of thiocarbonyl (C=S) groups is 1. The standard InChI is InChI=1S/C23H29N3OS/c1-16(2)18-4-6-19(7-5-18)22(27)25-23(28)24-20-8-10-21(11-9-20)26-14-12-17(3)13-15-26/h4-11,16-17H,12-15H2,1-3H3,(H2,24,25,27,28). The maximum atomic E-state index is 12.4. The van der Waals surface area contributed by atoms with E-state index >= 15 is 0 Å². The van der Waals surface area contributed by atoms with E-state index in [9.17, 15) is 4.79 Å². The molecule has 5 heteroatoms. The summed E-state index contributed by atoms with van der Waals surface area (Å²) in [6.07, 6.45) is 2.49. The molecule has 0 aromatic heterocycles. The summed E-state index contributed by atoms with van der Waals surface area (Å²) in [5, 5.41) is 6.14. The van der Waals surface area contributed by atoms with Crippen molar-refractivity contribution in [1.29, 1.82) is 0 Å². The highest BCUT2D eigenvalue weighted by molar-refractivity contribution is 7.80. The minimum Gasteiger partial charge on any atom is -0.372 e. The van der Waals surface area contributed by atoms with E-state index < -0.39 is 0 Å². The van der Waals surface area contributed by atoms with E-state index in [2.05, 4.69) is 48.4 Å². The van der Waals surface area contributed by atoms with Gasteiger partial charge in [-0.05, 0) is 78.9 Å². The molecule has 0 atom stereocenters. The van der Waals surface area contributed by atoms with Crippen LogP contribution < -0.4 is 15.5 Å². The number of nitrogens with one attached hydrogen (secondary N) is 2. The van der Waals surface area contributed by atoms with E-state index in [-0.39, 0.29) is 5.91 Å². The first kappa shape index (κ1) is 20.3. The summed E-state index contributed by atoms with van der Waals surface area (Å²) in [6.45, 7) is 8.80. The van der Waals surface area contributed by atoms with Gasteiger partial charge >= 0.3 is 0 Å². The zero-order valence-corrected chi connectivity index (χ0v) is 17.7. The summed E-state index contributed by atoms with van der Waals surface area (Å²) >= 11 is 5.30. The number of rotatable bonds is 4. The Morgan fingerprint density at radius 3 is 2.21 bits per heavy atom. The zero-order chi connectivity index (χ0) is 20.1. The molecule has 2 aromatic rings. The van der Waals surface area contributed by atoms with Gasteiger partial charge in [0.15, 0.2) is 5.11 Å². The summed E-state index contributed by atoms with van der Waals surface area (Å²) in [5.41, 5.74) is 3.91. The Hall–Kier alpha value is -2.40. The minimum absolute atomic E-state index is 0.202. The van der Waals surface area contributed by atoms with Crippen LogP contribution in [0.25, 0.3) is 0 Å². The van der Waals surface area contributed by atoms with Crippen LogP contribution in [0.15, 0.2) is 48.5 Å². The number of amides is 1. The first-order valence-corrected chi connectivity index (χ1v) is 10.4. The highest BCUT2D eigenvalue weighted by Gasteiger charge is 2.16. The van der Waals surface area contributed by atoms with Gasteiger partial charge in [-0.3, -0.25) is 10.1 Å². The second-order valence-electron chi connectivity index (χ2n) is 7.90. The maximum Gasteiger partial charge on any atom is 0.257 e. The summed E-state index contributed by atoms with van der Waals surface area (Å²) in [4.78, 5) is 14.8. The molecule has 1 heterocycles. The highest BCUT2D eigenvalue weighted by atomic mass is 32.1. The van der Waals surface area contributed by atoms with Gasteiger partial charge in [0.2, 0.25) is 0 Å². The lowest BCUT2D eigenvalue weighted by atomic mass is 9.99. The van der Waals surface area contributed by atoms with Crippen LogP contribution in [0.5, 0.6) is 0 Å². The number of carbonyl (C=O) groups is 1. The first-order chi connectivity index (χ1) is 13.4. The van der Waals surface area contributed by atoms with E-state index in [4.69, 9.17) is 12.2 Å². The lowest BCUT2D eigenvalue weighted by Gasteiger charge is -2.32. The van der Waals surface area contributed by atoms with Gasteiger partial charge in [0.05, 0.1) is 0 Å². The Bertz CT molecular complexity index is 807. The number of hydrogen-bond donors (Lipinski definition) is 2. The normalized spacial score (nSPS) is 14.8. The summed E-state index contributed by atoms with van der Waals surface area (Å²) in [6, 6.07) is 15.8. The van der Waals surface area contributed by atoms with Crippen LogP contribution in [0.1, 0.15) is 55.5 Å². The Morgan fingerprint density at radius 2 is 1.64 bits per heavy atom. The molecule has 0 aliphatic carbocycles. The molecule has 0 unspecified atom stereocenters. The van der Waals surface area contributed by atoms with Crippen molar-refractivity contribution >= 4 is 34.6 Å². The number of benzene rings is 2. The van der Waals surface area contributed by atoms with Crippen molar-refractivity contribution in [2.24, 2.45) is 5.92 Å². The predicted octanol–water partition coefficient (Wildman–Crippen LogP) is 5.17. The fourth-order valence-electron chi connectivity index (χ4n) is 3.38. The molecule has 2 N–H and O–H groups in total. The van der Waals surface area contributed by atoms with Crippen molar-refractivity contribution in [3.05, 3.63) is 59.7 Å². The molecule has 1 aliphatic rings. The second kappa shape index (κ2) is 9.20. The minimum atomic E-state index is -0.202. The van der Waals surface area contributed by atoms with Crippen LogP contribution >= 0.6 is 12.2 Å². The molecule has 4 nitrogen and oxygen atoms in total. The van der Waals surface area contributed by atoms with Gasteiger partial charge in [-0.1, -0.05) is 32.9 Å². The van der Waals surface area contributed by atoms with E-state index in [1.54, 1.807) is 0 Å². The van der Waals surface area contributed by atoms with Crippen molar-refractivity contribution in [3.63, 3.8) is 0 Å². The molecule has 0 bridgehead atoms. The molecule has 148 valence electrons. The lowest BCUT2D eigenvalue weighted by Crippen LogP contribution is -2.34. The molecule has 3 rings (SSSR count). The summed E-state index contributed by atoms with van der Waals surface area (Å²) in [7, 11) is 0. The van der Waals surface area contributed by atoms with Crippen molar-refractivity contribution < 1.29 is 4.79 Å². The van der Waals surface area contributed by atoms with Crippen LogP contribution in [-0.4, -0.2) is 24.1 Å². The Morgan fingerprint density at radius 1 is 1.04 bits per heavy atom. The molecule has 1 amide bonds. The third kappa shape index (κ3) is 5.32. The second-order valence-corrected chi connectivity index (χ2v) is 8.31. The molecule has 2 aromatic carbocycles. The first-order valence-electron chi connectivity index (χ1n) is 9.99. The lowest BCUT2D eigenvalue weighted by molar-refractivity contribution is 0.0977. The Balaban J connectivity index is 1.53. The van der Waals surface area contributed by atoms with E-state index in [1.807, 2.05) is 36.4 Å². The zero-order valence-electron chi connectivity index (χ0n) is 16.9. The van der Waals surface area contributed by atoms with Gasteiger partial charge in [0.25, 0.3) is 5.91 Å². The smallest absolute Gasteiger partial charge is 0.257 e. The quantitative estimate of drug-likeness (QED) is 0.701. The van der Waals surface area contributed by atoms with Crippen molar-refractivity contribution in [2.45, 2.75) is 39.5 Å². The Kier molecular flexibility index (Phi) is 6.68. The van der Waals surface area contributed by atoms with Crippen molar-refractivity contribution in [1.82, 2.24) is 5.32 Å². The van der Waals surface area contributed by atoms with Crippen molar-refractivity contribution in [3.8, 4) is 0 Å². The fourth-order valence-corrected chi connectivity index (χ4v) is 3.59. The van der Waals surface area contributed by atoms with Crippen LogP contribution in [-0.2, 0) is 0 Å². The van der Waals surface area contributed by atoms with Gasteiger partial charge < -0.3 is 10.2 Å². The third-order valence-electron chi connectivity index (χ3n) is 5.34. The van der Waals surface area contributed by atoms with Crippen LogP contribution in [0, 0.1) is 5.92 Å². The van der Waals surface area contributed by atoms with Crippen molar-refractivity contribution in [2.75, 3.05) is 23.3 Å². The van der Waals surface area contributed by atoms with E-state index in [0.29, 0.717) is 16.6 Å². The molecular weight excluding hydrogens is 366 g/mol. The monoisotopic (exact) mass is 395 g/mol. The van der Waals surface area contributed by atoms with Gasteiger partial charge in [-0.15, -0.1) is 0 Å². The maximum absolute atomic E-state index is 12.4. The van der Waals surface area contributed by atoms with Gasteiger partial charge in [0, 0.05) is 30.0 Å². The average Bonchev–Trinajstić information content (AvgIpc) is 2.69. The number of nitrogens with zero attached hydrogens (tertiary/aromatic N) is 1. The van der Waals surface area contributed by atoms with Gasteiger partial charge in [0.1, 0.15) is 0 Å². The summed E-state index contributed by atoms with van der Waals surface area (Å²) in [5.74, 6) is 1.06. The average molecular weight is 396 g/mol. The Labute approximate surface area is 173 Å². The SMILES string of the molecule is CC1CCN(c2ccc(NC(=S)NC(=O)c3ccc(C(C)C)cc3)cc2)CC1.